The van der Waals surface area contributed by atoms with Gasteiger partial charge in [0, 0.05) is 30.9 Å². The first-order valence-corrected chi connectivity index (χ1v) is 9.43. The Balaban J connectivity index is 1.77. The molecule has 0 saturated carbocycles. The minimum absolute atomic E-state index is 0.130. The van der Waals surface area contributed by atoms with Gasteiger partial charge in [0.1, 0.15) is 5.69 Å². The number of thiazole rings is 1. The van der Waals surface area contributed by atoms with Gasteiger partial charge in [0.05, 0.1) is 11.4 Å². The molecule has 2 aromatic heterocycles. The minimum Gasteiger partial charge on any atom is -0.298 e. The molecule has 0 fully saturated rings. The first-order chi connectivity index (χ1) is 11.5. The van der Waals surface area contributed by atoms with Crippen molar-refractivity contribution < 1.29 is 4.79 Å². The second-order valence-electron chi connectivity index (χ2n) is 6.39. The number of nitrogens with one attached hydrogen (secondary N) is 1. The van der Waals surface area contributed by atoms with Crippen molar-refractivity contribution >= 4 is 22.4 Å². The van der Waals surface area contributed by atoms with Crippen LogP contribution in [-0.2, 0) is 19.5 Å². The van der Waals surface area contributed by atoms with Crippen molar-refractivity contribution in [2.75, 3.05) is 18.4 Å². The molecule has 130 valence electrons. The zero-order valence-electron chi connectivity index (χ0n) is 14.8. The van der Waals surface area contributed by atoms with Crippen LogP contribution >= 0.6 is 11.3 Å². The quantitative estimate of drug-likeness (QED) is 0.903. The maximum atomic E-state index is 12.6. The number of anilines is 1. The maximum absolute atomic E-state index is 12.6. The van der Waals surface area contributed by atoms with E-state index in [2.05, 4.69) is 41.1 Å². The second kappa shape index (κ2) is 7.03. The third-order valence-electron chi connectivity index (χ3n) is 4.40. The van der Waals surface area contributed by atoms with Crippen LogP contribution in [0.2, 0.25) is 0 Å². The van der Waals surface area contributed by atoms with E-state index < -0.39 is 0 Å². The van der Waals surface area contributed by atoms with Crippen LogP contribution in [0.1, 0.15) is 60.4 Å². The van der Waals surface area contributed by atoms with E-state index >= 15 is 0 Å². The Hall–Kier alpha value is -1.73. The molecule has 0 bridgehead atoms. The zero-order chi connectivity index (χ0) is 17.3. The summed E-state index contributed by atoms with van der Waals surface area (Å²) < 4.78 is 1.76. The molecule has 7 heteroatoms. The van der Waals surface area contributed by atoms with Crippen LogP contribution in [0.25, 0.3) is 0 Å². The molecule has 1 aliphatic rings. The van der Waals surface area contributed by atoms with Crippen LogP contribution < -0.4 is 5.32 Å². The Kier molecular flexibility index (Phi) is 5.01. The molecule has 1 N–H and O–H groups in total. The van der Waals surface area contributed by atoms with Gasteiger partial charge in [-0.2, -0.15) is 5.10 Å². The van der Waals surface area contributed by atoms with Gasteiger partial charge in [0.15, 0.2) is 5.13 Å². The topological polar surface area (TPSA) is 63.1 Å². The molecule has 0 aromatic carbocycles. The molecular weight excluding hydrogens is 322 g/mol. The van der Waals surface area contributed by atoms with E-state index in [4.69, 9.17) is 0 Å². The van der Waals surface area contributed by atoms with E-state index in [9.17, 15) is 4.79 Å². The number of carbonyl (C=O) groups is 1. The van der Waals surface area contributed by atoms with Gasteiger partial charge in [-0.15, -0.1) is 11.3 Å². The Morgan fingerprint density at radius 1 is 1.38 bits per heavy atom. The summed E-state index contributed by atoms with van der Waals surface area (Å²) in [6.45, 7) is 12.0. The summed E-state index contributed by atoms with van der Waals surface area (Å²) in [7, 11) is 0. The van der Waals surface area contributed by atoms with Crippen molar-refractivity contribution in [1.82, 2.24) is 19.7 Å². The number of amides is 1. The lowest BCUT2D eigenvalue weighted by atomic mass is 10.1. The lowest BCUT2D eigenvalue weighted by Gasteiger charge is -2.23. The monoisotopic (exact) mass is 347 g/mol. The van der Waals surface area contributed by atoms with Crippen molar-refractivity contribution in [3.05, 3.63) is 28.0 Å². The molecule has 1 amide bonds. The van der Waals surface area contributed by atoms with E-state index in [0.717, 1.165) is 37.4 Å². The first kappa shape index (κ1) is 17.1. The van der Waals surface area contributed by atoms with E-state index in [1.807, 2.05) is 13.0 Å². The summed E-state index contributed by atoms with van der Waals surface area (Å²) in [6, 6.07) is 1.88. The van der Waals surface area contributed by atoms with Crippen LogP contribution in [0, 0.1) is 0 Å². The lowest BCUT2D eigenvalue weighted by Crippen LogP contribution is -2.29. The Morgan fingerprint density at radius 2 is 2.17 bits per heavy atom. The molecule has 0 aliphatic carbocycles. The van der Waals surface area contributed by atoms with E-state index in [1.54, 1.807) is 16.0 Å². The highest BCUT2D eigenvalue weighted by atomic mass is 32.1. The van der Waals surface area contributed by atoms with Crippen molar-refractivity contribution in [1.29, 1.82) is 0 Å². The normalized spacial score (nSPS) is 14.9. The van der Waals surface area contributed by atoms with E-state index in [0.29, 0.717) is 23.3 Å². The summed E-state index contributed by atoms with van der Waals surface area (Å²) >= 11 is 1.59. The van der Waals surface area contributed by atoms with Gasteiger partial charge < -0.3 is 0 Å². The Morgan fingerprint density at radius 3 is 2.83 bits per heavy atom. The number of fused-ring (bicyclic) bond motifs is 1. The van der Waals surface area contributed by atoms with Gasteiger partial charge in [-0.05, 0) is 25.5 Å². The molecule has 1 aliphatic heterocycles. The van der Waals surface area contributed by atoms with Gasteiger partial charge in [-0.1, -0.05) is 20.8 Å². The predicted octanol–water partition coefficient (Wildman–Crippen LogP) is 3.11. The number of carbonyl (C=O) groups excluding carboxylic acids is 1. The molecule has 2 aromatic rings. The number of likely N-dealkylation sites (N-methyl/N-ethyl adjacent to an activating group) is 1. The number of nitrogens with zero attached hydrogens (tertiary/aromatic N) is 4. The number of aromatic nitrogens is 3. The summed E-state index contributed by atoms with van der Waals surface area (Å²) in [4.78, 5) is 20.9. The van der Waals surface area contributed by atoms with Gasteiger partial charge in [-0.3, -0.25) is 19.7 Å². The maximum Gasteiger partial charge on any atom is 0.275 e. The number of rotatable bonds is 5. The third-order valence-corrected chi connectivity index (χ3v) is 5.40. The molecular formula is C17H25N5OS. The van der Waals surface area contributed by atoms with Crippen LogP contribution in [0.3, 0.4) is 0 Å². The summed E-state index contributed by atoms with van der Waals surface area (Å²) in [5, 5.41) is 8.17. The molecule has 0 atom stereocenters. The van der Waals surface area contributed by atoms with E-state index in [1.165, 1.54) is 4.88 Å². The molecule has 0 radical (unpaired) electrons. The van der Waals surface area contributed by atoms with Crippen molar-refractivity contribution in [2.45, 2.75) is 53.1 Å². The Bertz CT molecular complexity index is 733. The van der Waals surface area contributed by atoms with Crippen LogP contribution in [0.4, 0.5) is 5.13 Å². The number of hydrogen-bond donors (Lipinski definition) is 1. The molecule has 6 nitrogen and oxygen atoms in total. The average Bonchev–Trinajstić information content (AvgIpc) is 3.17. The largest absolute Gasteiger partial charge is 0.298 e. The fourth-order valence-electron chi connectivity index (χ4n) is 2.88. The molecule has 0 unspecified atom stereocenters. The molecule has 3 heterocycles. The average molecular weight is 347 g/mol. The summed E-state index contributed by atoms with van der Waals surface area (Å²) in [5.41, 5.74) is 2.68. The van der Waals surface area contributed by atoms with E-state index in [-0.39, 0.29) is 5.91 Å². The van der Waals surface area contributed by atoms with Crippen molar-refractivity contribution in [3.63, 3.8) is 0 Å². The predicted molar refractivity (Wildman–Crippen MR) is 96.7 cm³/mol. The molecule has 0 spiro atoms. The fourth-order valence-corrected chi connectivity index (χ4v) is 3.92. The minimum atomic E-state index is -0.130. The van der Waals surface area contributed by atoms with Gasteiger partial charge >= 0.3 is 0 Å². The van der Waals surface area contributed by atoms with Crippen LogP contribution in [0.5, 0.6) is 0 Å². The molecule has 24 heavy (non-hydrogen) atoms. The standard InChI is InChI=1S/C17H25N5OS/c1-5-21-8-7-12-15(10-21)24-17(18-12)19-16(23)14-9-13(11(3)4)20-22(14)6-2/h9,11H,5-8,10H2,1-4H3,(H,18,19,23). The Labute approximate surface area is 146 Å². The summed E-state index contributed by atoms with van der Waals surface area (Å²) in [5.74, 6) is 0.172. The smallest absolute Gasteiger partial charge is 0.275 e. The highest BCUT2D eigenvalue weighted by Crippen LogP contribution is 2.28. The third kappa shape index (κ3) is 3.37. The summed E-state index contributed by atoms with van der Waals surface area (Å²) in [6.07, 6.45) is 0.958. The number of hydrogen-bond acceptors (Lipinski definition) is 5. The fraction of sp³-hybridized carbons (Fsp3) is 0.588. The van der Waals surface area contributed by atoms with Crippen molar-refractivity contribution in [3.8, 4) is 0 Å². The molecule has 0 saturated heterocycles. The van der Waals surface area contributed by atoms with Crippen molar-refractivity contribution in [2.24, 2.45) is 0 Å². The van der Waals surface area contributed by atoms with Gasteiger partial charge in [-0.25, -0.2) is 4.98 Å². The van der Waals surface area contributed by atoms with Gasteiger partial charge in [0.25, 0.3) is 5.91 Å². The lowest BCUT2D eigenvalue weighted by molar-refractivity contribution is 0.101. The SMILES string of the molecule is CCN1CCc2nc(NC(=O)c3cc(C(C)C)nn3CC)sc2C1. The highest BCUT2D eigenvalue weighted by Gasteiger charge is 2.22. The number of aryl methyl sites for hydroxylation is 1. The molecule has 3 rings (SSSR count). The van der Waals surface area contributed by atoms with Gasteiger partial charge in [0.2, 0.25) is 0 Å². The van der Waals surface area contributed by atoms with Crippen LogP contribution in [-0.4, -0.2) is 38.7 Å². The second-order valence-corrected chi connectivity index (χ2v) is 7.47. The first-order valence-electron chi connectivity index (χ1n) is 8.61. The van der Waals surface area contributed by atoms with Crippen LogP contribution in [0.15, 0.2) is 6.07 Å². The zero-order valence-corrected chi connectivity index (χ0v) is 15.6. The highest BCUT2D eigenvalue weighted by molar-refractivity contribution is 7.15.